The number of rotatable bonds is 3. The summed E-state index contributed by atoms with van der Waals surface area (Å²) in [6.07, 6.45) is 1.50. The van der Waals surface area contributed by atoms with Crippen LogP contribution in [0.25, 0.3) is 0 Å². The molecule has 0 fully saturated rings. The monoisotopic (exact) mass is 244 g/mol. The molecule has 0 amide bonds. The van der Waals surface area contributed by atoms with Crippen molar-refractivity contribution in [1.82, 2.24) is 4.98 Å². The van der Waals surface area contributed by atoms with Gasteiger partial charge in [-0.2, -0.15) is 0 Å². The van der Waals surface area contributed by atoms with Gasteiger partial charge in [0.1, 0.15) is 5.82 Å². The van der Waals surface area contributed by atoms with Gasteiger partial charge in [0, 0.05) is 18.3 Å². The number of ketones is 1. The average molecular weight is 244 g/mol. The van der Waals surface area contributed by atoms with Crippen LogP contribution in [-0.4, -0.2) is 10.8 Å². The van der Waals surface area contributed by atoms with Gasteiger partial charge in [-0.15, -0.1) is 0 Å². The molecule has 0 atom stereocenters. The van der Waals surface area contributed by atoms with Crippen molar-refractivity contribution in [3.05, 3.63) is 64.7 Å². The Morgan fingerprint density at radius 1 is 1.33 bits per heavy atom. The predicted octanol–water partition coefficient (Wildman–Crippen LogP) is 2.22. The van der Waals surface area contributed by atoms with Crippen molar-refractivity contribution in [2.24, 2.45) is 5.73 Å². The Hall–Kier alpha value is -2.07. The SMILES string of the molecule is Cc1ccc(F)c(C(=O)c2ccnc(CN)c2)c1. The first-order valence-electron chi connectivity index (χ1n) is 5.57. The minimum atomic E-state index is -0.517. The number of aryl methyl sites for hydroxylation is 1. The van der Waals surface area contributed by atoms with Gasteiger partial charge in [0.25, 0.3) is 0 Å². The normalized spacial score (nSPS) is 10.4. The number of halogens is 1. The number of pyridine rings is 1. The van der Waals surface area contributed by atoms with Gasteiger partial charge in [0.2, 0.25) is 0 Å². The molecule has 0 spiro atoms. The largest absolute Gasteiger partial charge is 0.325 e. The summed E-state index contributed by atoms with van der Waals surface area (Å²) in [5.41, 5.74) is 7.38. The standard InChI is InChI=1S/C14H13FN2O/c1-9-2-3-13(15)12(6-9)14(18)10-4-5-17-11(7-10)8-16/h2-7H,8,16H2,1H3. The second-order valence-electron chi connectivity index (χ2n) is 4.05. The van der Waals surface area contributed by atoms with Crippen molar-refractivity contribution in [2.75, 3.05) is 0 Å². The van der Waals surface area contributed by atoms with E-state index in [9.17, 15) is 9.18 Å². The predicted molar refractivity (Wildman–Crippen MR) is 66.7 cm³/mol. The fraction of sp³-hybridized carbons (Fsp3) is 0.143. The van der Waals surface area contributed by atoms with Gasteiger partial charge in [0.15, 0.2) is 5.78 Å². The molecule has 2 N–H and O–H groups in total. The van der Waals surface area contributed by atoms with Crippen LogP contribution in [0.2, 0.25) is 0 Å². The molecule has 0 aliphatic rings. The molecule has 0 saturated heterocycles. The van der Waals surface area contributed by atoms with Gasteiger partial charge >= 0.3 is 0 Å². The third-order valence-electron chi connectivity index (χ3n) is 2.65. The number of hydrogen-bond acceptors (Lipinski definition) is 3. The van der Waals surface area contributed by atoms with Crippen LogP contribution in [0.1, 0.15) is 27.2 Å². The molecule has 0 radical (unpaired) electrons. The number of benzene rings is 1. The molecule has 0 aliphatic heterocycles. The van der Waals surface area contributed by atoms with Gasteiger partial charge in [0.05, 0.1) is 11.3 Å². The minimum absolute atomic E-state index is 0.0733. The van der Waals surface area contributed by atoms with Crippen molar-refractivity contribution >= 4 is 5.78 Å². The molecule has 0 bridgehead atoms. The number of carbonyl (C=O) groups excluding carboxylic acids is 1. The molecular weight excluding hydrogens is 231 g/mol. The van der Waals surface area contributed by atoms with Gasteiger partial charge in [-0.05, 0) is 31.2 Å². The van der Waals surface area contributed by atoms with Crippen LogP contribution in [0.4, 0.5) is 4.39 Å². The molecule has 0 aliphatic carbocycles. The van der Waals surface area contributed by atoms with Crippen LogP contribution in [-0.2, 0) is 6.54 Å². The van der Waals surface area contributed by atoms with Crippen LogP contribution in [0, 0.1) is 12.7 Å². The summed E-state index contributed by atoms with van der Waals surface area (Å²) in [7, 11) is 0. The summed E-state index contributed by atoms with van der Waals surface area (Å²) in [6, 6.07) is 7.62. The molecular formula is C14H13FN2O. The highest BCUT2D eigenvalue weighted by Gasteiger charge is 2.14. The fourth-order valence-electron chi connectivity index (χ4n) is 1.70. The Morgan fingerprint density at radius 3 is 2.83 bits per heavy atom. The lowest BCUT2D eigenvalue weighted by Gasteiger charge is -2.05. The molecule has 1 aromatic heterocycles. The third-order valence-corrected chi connectivity index (χ3v) is 2.65. The van der Waals surface area contributed by atoms with E-state index >= 15 is 0 Å². The van der Waals surface area contributed by atoms with Crippen molar-refractivity contribution in [2.45, 2.75) is 13.5 Å². The highest BCUT2D eigenvalue weighted by molar-refractivity contribution is 6.09. The van der Waals surface area contributed by atoms with Gasteiger partial charge in [-0.3, -0.25) is 9.78 Å². The minimum Gasteiger partial charge on any atom is -0.325 e. The third kappa shape index (κ3) is 2.43. The maximum atomic E-state index is 13.6. The summed E-state index contributed by atoms with van der Waals surface area (Å²) in [5.74, 6) is -0.870. The maximum Gasteiger partial charge on any atom is 0.196 e. The quantitative estimate of drug-likeness (QED) is 0.842. The van der Waals surface area contributed by atoms with Gasteiger partial charge < -0.3 is 5.73 Å². The summed E-state index contributed by atoms with van der Waals surface area (Å²) in [4.78, 5) is 16.2. The molecule has 0 saturated carbocycles. The van der Waals surface area contributed by atoms with Gasteiger partial charge in [-0.25, -0.2) is 4.39 Å². The van der Waals surface area contributed by atoms with Crippen LogP contribution in [0.15, 0.2) is 36.5 Å². The van der Waals surface area contributed by atoms with E-state index in [1.54, 1.807) is 24.3 Å². The number of hydrogen-bond donors (Lipinski definition) is 1. The van der Waals surface area contributed by atoms with E-state index in [0.29, 0.717) is 11.3 Å². The van der Waals surface area contributed by atoms with E-state index in [-0.39, 0.29) is 17.9 Å². The van der Waals surface area contributed by atoms with Crippen LogP contribution >= 0.6 is 0 Å². The highest BCUT2D eigenvalue weighted by atomic mass is 19.1. The molecule has 0 unspecified atom stereocenters. The van der Waals surface area contributed by atoms with Crippen molar-refractivity contribution in [3.63, 3.8) is 0 Å². The van der Waals surface area contributed by atoms with Crippen molar-refractivity contribution in [1.29, 1.82) is 0 Å². The molecule has 2 rings (SSSR count). The van der Waals surface area contributed by atoms with Crippen LogP contribution in [0.5, 0.6) is 0 Å². The van der Waals surface area contributed by atoms with E-state index in [2.05, 4.69) is 4.98 Å². The Morgan fingerprint density at radius 2 is 2.11 bits per heavy atom. The lowest BCUT2D eigenvalue weighted by atomic mass is 10.0. The second-order valence-corrected chi connectivity index (χ2v) is 4.05. The van der Waals surface area contributed by atoms with Crippen molar-refractivity contribution in [3.8, 4) is 0 Å². The maximum absolute atomic E-state index is 13.6. The topological polar surface area (TPSA) is 56.0 Å². The number of carbonyl (C=O) groups is 1. The lowest BCUT2D eigenvalue weighted by molar-refractivity contribution is 0.103. The zero-order chi connectivity index (χ0) is 13.1. The highest BCUT2D eigenvalue weighted by Crippen LogP contribution is 2.15. The van der Waals surface area contributed by atoms with E-state index < -0.39 is 5.82 Å². The Balaban J connectivity index is 2.44. The molecule has 1 heterocycles. The molecule has 1 aromatic carbocycles. The molecule has 4 heteroatoms. The summed E-state index contributed by atoms with van der Waals surface area (Å²) < 4.78 is 13.6. The smallest absolute Gasteiger partial charge is 0.196 e. The van der Waals surface area contributed by atoms with Gasteiger partial charge in [-0.1, -0.05) is 11.6 Å². The first kappa shape index (κ1) is 12.4. The molecule has 92 valence electrons. The first-order chi connectivity index (χ1) is 8.61. The first-order valence-corrected chi connectivity index (χ1v) is 5.57. The van der Waals surface area contributed by atoms with Crippen molar-refractivity contribution < 1.29 is 9.18 Å². The zero-order valence-electron chi connectivity index (χ0n) is 9.98. The molecule has 18 heavy (non-hydrogen) atoms. The van der Waals surface area contributed by atoms with Crippen LogP contribution in [0.3, 0.4) is 0 Å². The fourth-order valence-corrected chi connectivity index (χ4v) is 1.70. The van der Waals surface area contributed by atoms with Crippen LogP contribution < -0.4 is 5.73 Å². The number of aromatic nitrogens is 1. The van der Waals surface area contributed by atoms with E-state index in [1.807, 2.05) is 6.92 Å². The molecule has 3 nitrogen and oxygen atoms in total. The number of nitrogens with two attached hydrogens (primary N) is 1. The van der Waals surface area contributed by atoms with E-state index in [0.717, 1.165) is 5.56 Å². The summed E-state index contributed by atoms with van der Waals surface area (Å²) in [5, 5.41) is 0. The summed E-state index contributed by atoms with van der Waals surface area (Å²) >= 11 is 0. The lowest BCUT2D eigenvalue weighted by Crippen LogP contribution is -2.07. The van der Waals surface area contributed by atoms with E-state index in [4.69, 9.17) is 5.73 Å². The Kier molecular flexibility index (Phi) is 3.48. The average Bonchev–Trinajstić information content (AvgIpc) is 2.41. The summed E-state index contributed by atoms with van der Waals surface area (Å²) in [6.45, 7) is 2.06. The molecule has 2 aromatic rings. The Labute approximate surface area is 104 Å². The van der Waals surface area contributed by atoms with E-state index in [1.165, 1.54) is 12.3 Å². The second kappa shape index (κ2) is 5.06. The number of nitrogens with zero attached hydrogens (tertiary/aromatic N) is 1. The zero-order valence-corrected chi connectivity index (χ0v) is 9.98. The Bertz CT molecular complexity index is 596.